The Hall–Kier alpha value is -2.54. The number of hydrogen-bond acceptors (Lipinski definition) is 6. The zero-order valence-corrected chi connectivity index (χ0v) is 22.7. The van der Waals surface area contributed by atoms with Crippen LogP contribution in [-0.4, -0.2) is 49.0 Å². The first kappa shape index (κ1) is 26.1. The first-order valence-corrected chi connectivity index (χ1v) is 12.9. The van der Waals surface area contributed by atoms with Crippen LogP contribution in [-0.2, 0) is 14.1 Å². The molecule has 6 heterocycles. The van der Waals surface area contributed by atoms with E-state index in [0.29, 0.717) is 15.5 Å². The molecule has 0 fully saturated rings. The minimum absolute atomic E-state index is 0. The molecule has 0 aliphatic rings. The molecule has 0 aromatic carbocycles. The summed E-state index contributed by atoms with van der Waals surface area (Å²) in [5.41, 5.74) is 5.17. The molecule has 6 rings (SSSR count). The summed E-state index contributed by atoms with van der Waals surface area (Å²) in [4.78, 5) is 28.8. The maximum Gasteiger partial charge on any atom is 0.156 e. The molecule has 0 radical (unpaired) electrons. The van der Waals surface area contributed by atoms with E-state index >= 15 is 0 Å². The highest BCUT2D eigenvalue weighted by Gasteiger charge is 2.04. The van der Waals surface area contributed by atoms with Gasteiger partial charge in [-0.3, -0.25) is 0 Å². The molecule has 0 spiro atoms. The molecule has 0 saturated carbocycles. The molecule has 13 heteroatoms. The van der Waals surface area contributed by atoms with Crippen LogP contribution in [0, 0.1) is 0 Å². The maximum absolute atomic E-state index is 5.83. The fourth-order valence-corrected chi connectivity index (χ4v) is 3.62. The molecule has 0 aliphatic carbocycles. The number of alkyl halides is 1. The number of aromatic amines is 1. The van der Waals surface area contributed by atoms with E-state index in [4.69, 9.17) is 34.8 Å². The lowest BCUT2D eigenvalue weighted by molar-refractivity contribution is 0.945. The molecule has 178 valence electrons. The van der Waals surface area contributed by atoms with Crippen LogP contribution < -0.4 is 0 Å². The number of nitrogens with zero attached hydrogens (tertiary/aromatic N) is 8. The van der Waals surface area contributed by atoms with E-state index in [1.54, 1.807) is 37.6 Å². The van der Waals surface area contributed by atoms with Crippen molar-refractivity contribution in [2.45, 2.75) is 0 Å². The highest BCUT2D eigenvalue weighted by molar-refractivity contribution is 14.1. The van der Waals surface area contributed by atoms with E-state index in [2.05, 4.69) is 57.5 Å². The van der Waals surface area contributed by atoms with Crippen LogP contribution in [0.25, 0.3) is 33.1 Å². The van der Waals surface area contributed by atoms with E-state index in [0.717, 1.165) is 33.1 Å². The van der Waals surface area contributed by atoms with Gasteiger partial charge in [0.15, 0.2) is 15.5 Å². The lowest BCUT2D eigenvalue weighted by Gasteiger charge is -1.94. The number of aromatic nitrogens is 9. The molecule has 9 nitrogen and oxygen atoms in total. The first-order chi connectivity index (χ1) is 16.5. The van der Waals surface area contributed by atoms with Crippen molar-refractivity contribution in [3.8, 4) is 0 Å². The van der Waals surface area contributed by atoms with Crippen LogP contribution in [0.5, 0.6) is 0 Å². The zero-order chi connectivity index (χ0) is 24.7. The highest BCUT2D eigenvalue weighted by atomic mass is 127. The number of halogens is 4. The van der Waals surface area contributed by atoms with Gasteiger partial charge in [0.2, 0.25) is 0 Å². The lowest BCUT2D eigenvalue weighted by Crippen LogP contribution is -1.85. The summed E-state index contributed by atoms with van der Waals surface area (Å²) in [7, 11) is 3.81. The molecule has 6 aromatic heterocycles. The van der Waals surface area contributed by atoms with Gasteiger partial charge in [-0.05, 0) is 23.1 Å². The quantitative estimate of drug-likeness (QED) is 0.122. The molecular weight excluding hydrogens is 612 g/mol. The summed E-state index contributed by atoms with van der Waals surface area (Å²) < 4.78 is 3.76. The van der Waals surface area contributed by atoms with Crippen molar-refractivity contribution in [2.24, 2.45) is 14.1 Å². The lowest BCUT2D eigenvalue weighted by atomic mass is 10.4. The number of hydrogen-bond donors (Lipinski definition) is 1. The second-order valence-electron chi connectivity index (χ2n) is 6.55. The fraction of sp³-hybridized carbons (Fsp3) is 0.143. The fourth-order valence-electron chi connectivity index (χ4n) is 2.92. The third-order valence-electron chi connectivity index (χ3n) is 4.47. The van der Waals surface area contributed by atoms with Gasteiger partial charge in [0, 0.05) is 34.1 Å². The van der Waals surface area contributed by atoms with Crippen LogP contribution in [0.15, 0.2) is 55.8 Å². The standard InChI is InChI=1S/2C7H6ClN3.C6H4ClN3.CH3I.H2/c1-11-4-10-6-5(11)2-3-9-7(6)8;1-11-4-10-5-2-3-9-7(8)6(5)11;7-6-5-4(1-2-8-6)9-3-10-5;1-2;/h2*2-4H,1H3;1-3H,(H,9,10);1H3;1H/i;;;;1+1. The number of fused-ring (bicyclic) bond motifs is 3. The molecule has 0 saturated heterocycles. The number of H-pyrrole nitrogens is 1. The molecule has 6 aromatic rings. The molecular formula is C21H21Cl3IN9. The smallest absolute Gasteiger partial charge is 0.156 e. The van der Waals surface area contributed by atoms with Crippen molar-refractivity contribution in [2.75, 3.05) is 4.93 Å². The van der Waals surface area contributed by atoms with Crippen molar-refractivity contribution in [3.05, 3.63) is 71.2 Å². The summed E-state index contributed by atoms with van der Waals surface area (Å²) in [6, 6.07) is 5.55. The summed E-state index contributed by atoms with van der Waals surface area (Å²) in [6.07, 6.45) is 10.0. The first-order valence-electron chi connectivity index (χ1n) is 9.60. The molecule has 0 aliphatic heterocycles. The Kier molecular flexibility index (Phi) is 9.39. The Balaban J connectivity index is 0.000000176. The van der Waals surface area contributed by atoms with E-state index < -0.39 is 0 Å². The second kappa shape index (κ2) is 12.2. The average Bonchev–Trinajstić information content (AvgIpc) is 3.57. The van der Waals surface area contributed by atoms with E-state index in [1.165, 1.54) is 0 Å². The van der Waals surface area contributed by atoms with Crippen LogP contribution in [0.4, 0.5) is 0 Å². The molecule has 0 amide bonds. The molecule has 34 heavy (non-hydrogen) atoms. The number of aryl methyl sites for hydroxylation is 2. The van der Waals surface area contributed by atoms with Gasteiger partial charge in [-0.15, -0.1) is 0 Å². The normalized spacial score (nSPS) is 10.2. The summed E-state index contributed by atoms with van der Waals surface area (Å²) >= 11 is 19.5. The Morgan fingerprint density at radius 2 is 1.35 bits per heavy atom. The van der Waals surface area contributed by atoms with Gasteiger partial charge in [0.05, 0.1) is 35.5 Å². The van der Waals surface area contributed by atoms with E-state index in [-0.39, 0.29) is 1.43 Å². The summed E-state index contributed by atoms with van der Waals surface area (Å²) in [6.45, 7) is 0. The minimum Gasteiger partial charge on any atom is -0.344 e. The Morgan fingerprint density at radius 1 is 0.735 bits per heavy atom. The third-order valence-corrected chi connectivity index (χ3v) is 5.30. The number of pyridine rings is 3. The Labute approximate surface area is 225 Å². The average molecular weight is 634 g/mol. The minimum atomic E-state index is 0. The topological polar surface area (TPSA) is 103 Å². The molecule has 0 bridgehead atoms. The van der Waals surface area contributed by atoms with Crippen molar-refractivity contribution >= 4 is 90.5 Å². The van der Waals surface area contributed by atoms with Crippen molar-refractivity contribution in [1.29, 1.82) is 0 Å². The number of imidazole rings is 3. The van der Waals surface area contributed by atoms with Crippen LogP contribution >= 0.6 is 57.4 Å². The van der Waals surface area contributed by atoms with Gasteiger partial charge in [0.25, 0.3) is 0 Å². The summed E-state index contributed by atoms with van der Waals surface area (Å²) in [5, 5.41) is 1.41. The van der Waals surface area contributed by atoms with Crippen LogP contribution in [0.3, 0.4) is 0 Å². The predicted octanol–water partition coefficient (Wildman–Crippen LogP) is 6.15. The SMILES string of the molecule is CI.Clc1nccc2[nH]cnc12.Cn1cnc2c(Cl)nccc21.Cn1cnc2ccnc(Cl)c21.[2HH]. The van der Waals surface area contributed by atoms with Gasteiger partial charge in [-0.25, -0.2) is 29.9 Å². The van der Waals surface area contributed by atoms with Crippen molar-refractivity contribution < 1.29 is 1.43 Å². The third kappa shape index (κ3) is 5.93. The Morgan fingerprint density at radius 3 is 2.03 bits per heavy atom. The van der Waals surface area contributed by atoms with Gasteiger partial charge >= 0.3 is 0 Å². The number of nitrogens with one attached hydrogen (secondary N) is 1. The van der Waals surface area contributed by atoms with Gasteiger partial charge < -0.3 is 14.1 Å². The van der Waals surface area contributed by atoms with Gasteiger partial charge in [-0.1, -0.05) is 57.4 Å². The van der Waals surface area contributed by atoms with Crippen molar-refractivity contribution in [3.63, 3.8) is 0 Å². The van der Waals surface area contributed by atoms with E-state index in [1.807, 2.05) is 46.4 Å². The Bertz CT molecular complexity index is 1520. The number of rotatable bonds is 0. The van der Waals surface area contributed by atoms with Crippen LogP contribution in [0.1, 0.15) is 1.43 Å². The summed E-state index contributed by atoms with van der Waals surface area (Å²) in [5.74, 6) is 0. The van der Waals surface area contributed by atoms with Gasteiger partial charge in [-0.2, -0.15) is 0 Å². The second-order valence-corrected chi connectivity index (χ2v) is 7.62. The molecule has 1 N–H and O–H groups in total. The van der Waals surface area contributed by atoms with Crippen LogP contribution in [0.2, 0.25) is 15.5 Å². The molecule has 0 atom stereocenters. The van der Waals surface area contributed by atoms with Gasteiger partial charge in [0.1, 0.15) is 16.6 Å². The maximum atomic E-state index is 5.83. The highest BCUT2D eigenvalue weighted by Crippen LogP contribution is 2.19. The molecule has 0 unspecified atom stereocenters. The van der Waals surface area contributed by atoms with Crippen molar-refractivity contribution in [1.82, 2.24) is 44.0 Å². The predicted molar refractivity (Wildman–Crippen MR) is 148 cm³/mol. The zero-order valence-electron chi connectivity index (χ0n) is 18.3. The monoisotopic (exact) mass is 632 g/mol. The van der Waals surface area contributed by atoms with E-state index in [9.17, 15) is 0 Å². The largest absolute Gasteiger partial charge is 0.344 e.